The molecule has 57 heavy (non-hydrogen) atoms. The number of carbonyl (C=O) groups excluding carboxylic acids is 3. The molecule has 3 aliphatic rings. The maximum absolute atomic E-state index is 13.2. The van der Waals surface area contributed by atoms with Crippen LogP contribution in [0, 0.1) is 5.92 Å². The highest BCUT2D eigenvalue weighted by Gasteiger charge is 2.62. The summed E-state index contributed by atoms with van der Waals surface area (Å²) in [7, 11) is -5.93. The van der Waals surface area contributed by atoms with E-state index in [0.29, 0.717) is 37.1 Å². The van der Waals surface area contributed by atoms with Crippen molar-refractivity contribution >= 4 is 52.0 Å². The average molecular weight is 825 g/mol. The fourth-order valence-corrected chi connectivity index (χ4v) is 19.6. The number of unbranched alkanes of at least 4 members (excludes halogenated alkanes) is 3. The number of carbonyl (C=O) groups is 3. The second kappa shape index (κ2) is 17.3. The van der Waals surface area contributed by atoms with Crippen LogP contribution in [0.25, 0.3) is 11.2 Å². The number of nitrogens with one attached hydrogen (secondary N) is 2. The molecule has 15 nitrogen and oxygen atoms in total. The van der Waals surface area contributed by atoms with Gasteiger partial charge in [0.25, 0.3) is 17.4 Å². The molecular formula is C40H60N6O9Si2. The number of nitrogens with zero attached hydrogens (tertiary/aromatic N) is 4. The minimum absolute atomic E-state index is 0.0133. The first-order chi connectivity index (χ1) is 27.0. The molecule has 17 heteroatoms. The highest BCUT2D eigenvalue weighted by Crippen LogP contribution is 2.49. The van der Waals surface area contributed by atoms with Crippen LogP contribution in [0.2, 0.25) is 22.2 Å². The Bertz CT molecular complexity index is 1950. The first-order valence-electron chi connectivity index (χ1n) is 20.5. The van der Waals surface area contributed by atoms with Gasteiger partial charge in [-0.15, -0.1) is 0 Å². The fraction of sp³-hybridized carbons (Fsp3) is 0.650. The summed E-state index contributed by atoms with van der Waals surface area (Å²) in [6.07, 6.45) is 1.93. The lowest BCUT2D eigenvalue weighted by molar-refractivity contribution is -0.118. The lowest BCUT2D eigenvalue weighted by Crippen LogP contribution is -2.66. The van der Waals surface area contributed by atoms with E-state index in [1.165, 1.54) is 11.2 Å². The molecule has 2 unspecified atom stereocenters. The van der Waals surface area contributed by atoms with Crippen LogP contribution in [-0.4, -0.2) is 97.3 Å². The SMILES string of the molecule is CC(C)C(=O)Nc1nc2c(ncn2[C@@H]2O[C@@H]3CO[Si](C(C)C)(C(C)C)O[Si](C(C)C)(C(C)C)OC3C2OCCCCCCN2C(=O)c3ccccc3C2=O)c(=O)[nH]1. The molecule has 3 aliphatic heterocycles. The van der Waals surface area contributed by atoms with E-state index in [4.69, 9.17) is 22.4 Å². The number of anilines is 1. The fourth-order valence-electron chi connectivity index (χ4n) is 8.34. The summed E-state index contributed by atoms with van der Waals surface area (Å²) < 4.78 is 37.3. The number of fused-ring (bicyclic) bond motifs is 3. The van der Waals surface area contributed by atoms with Crippen molar-refractivity contribution in [1.82, 2.24) is 24.4 Å². The highest BCUT2D eigenvalue weighted by atomic mass is 28.5. The molecular weight excluding hydrogens is 765 g/mol. The molecule has 2 saturated heterocycles. The first-order valence-corrected chi connectivity index (χ1v) is 24.5. The van der Waals surface area contributed by atoms with Gasteiger partial charge in [-0.25, -0.2) is 4.98 Å². The number of ether oxygens (including phenoxy) is 2. The Balaban J connectivity index is 1.26. The van der Waals surface area contributed by atoms with Gasteiger partial charge >= 0.3 is 17.1 Å². The van der Waals surface area contributed by atoms with Gasteiger partial charge in [0, 0.05) is 19.1 Å². The van der Waals surface area contributed by atoms with Gasteiger partial charge in [0.05, 0.1) is 24.1 Å². The summed E-state index contributed by atoms with van der Waals surface area (Å²) in [4.78, 5) is 64.5. The largest absolute Gasteiger partial charge is 0.414 e. The third-order valence-corrected chi connectivity index (χ3v) is 21.8. The molecule has 0 bridgehead atoms. The Morgan fingerprint density at radius 1 is 0.895 bits per heavy atom. The van der Waals surface area contributed by atoms with Crippen molar-refractivity contribution < 1.29 is 36.8 Å². The van der Waals surface area contributed by atoms with Crippen molar-refractivity contribution in [2.24, 2.45) is 5.92 Å². The standard InChI is InChI=1S/C40H60N6O9Si2/c1-23(2)35(47)43-40-42-34-31(36(48)44-40)41-22-46(34)39-33(51-20-16-12-11-15-19-45-37(49)28-17-13-14-18-29(28)38(45)50)32-30(53-39)21-52-56(24(3)4,25(5)6)55-57(54-32,26(7)8)27(9)10/h13-14,17-18,22-27,30,32-33,39H,11-12,15-16,19-21H2,1-10H3,(H2,42,43,44,47,48)/t30-,32?,33?,39-/m1/s1. The van der Waals surface area contributed by atoms with E-state index in [1.54, 1.807) is 42.7 Å². The number of aromatic amines is 1. The zero-order chi connectivity index (χ0) is 41.4. The smallest absolute Gasteiger partial charge is 0.335 e. The van der Waals surface area contributed by atoms with Crippen LogP contribution in [0.5, 0.6) is 0 Å². The van der Waals surface area contributed by atoms with Crippen molar-refractivity contribution in [3.05, 3.63) is 52.1 Å². The van der Waals surface area contributed by atoms with Crippen molar-refractivity contribution in [2.75, 3.05) is 25.1 Å². The van der Waals surface area contributed by atoms with E-state index < -0.39 is 47.2 Å². The van der Waals surface area contributed by atoms with E-state index in [0.717, 1.165) is 12.8 Å². The number of hydrogen-bond acceptors (Lipinski definition) is 11. The molecule has 0 spiro atoms. The average Bonchev–Trinajstić information content (AvgIpc) is 3.79. The minimum Gasteiger partial charge on any atom is -0.414 e. The highest BCUT2D eigenvalue weighted by molar-refractivity contribution is 6.84. The summed E-state index contributed by atoms with van der Waals surface area (Å²) in [5.74, 6) is -1.09. The predicted octanol–water partition coefficient (Wildman–Crippen LogP) is 6.81. The van der Waals surface area contributed by atoms with Crippen LogP contribution in [-0.2, 0) is 27.2 Å². The molecule has 3 amide bonds. The zero-order valence-electron chi connectivity index (χ0n) is 35.0. The van der Waals surface area contributed by atoms with Crippen LogP contribution in [0.15, 0.2) is 35.4 Å². The molecule has 0 radical (unpaired) electrons. The van der Waals surface area contributed by atoms with Crippen LogP contribution in [0.1, 0.15) is 122 Å². The minimum atomic E-state index is -3.06. The predicted molar refractivity (Wildman–Crippen MR) is 219 cm³/mol. The number of imide groups is 1. The molecule has 0 saturated carbocycles. The monoisotopic (exact) mass is 824 g/mol. The number of hydrogen-bond donors (Lipinski definition) is 2. The number of H-pyrrole nitrogens is 1. The van der Waals surface area contributed by atoms with Crippen molar-refractivity contribution in [3.8, 4) is 0 Å². The van der Waals surface area contributed by atoms with Gasteiger partial charge in [-0.2, -0.15) is 4.98 Å². The maximum Gasteiger partial charge on any atom is 0.335 e. The Morgan fingerprint density at radius 3 is 2.11 bits per heavy atom. The lowest BCUT2D eigenvalue weighted by atomic mass is 10.1. The normalized spacial score (nSPS) is 23.2. The first kappa shape index (κ1) is 43.0. The molecule has 0 aliphatic carbocycles. The summed E-state index contributed by atoms with van der Waals surface area (Å²) in [5, 5.41) is 2.70. The van der Waals surface area contributed by atoms with Gasteiger partial charge in [0.2, 0.25) is 11.9 Å². The van der Waals surface area contributed by atoms with Crippen molar-refractivity contribution in [1.29, 1.82) is 0 Å². The molecule has 2 aromatic heterocycles. The van der Waals surface area contributed by atoms with E-state index >= 15 is 0 Å². The molecule has 312 valence electrons. The quantitative estimate of drug-likeness (QED) is 0.0936. The summed E-state index contributed by atoms with van der Waals surface area (Å²) in [6.45, 7) is 21.8. The van der Waals surface area contributed by atoms with E-state index in [2.05, 4.69) is 75.7 Å². The van der Waals surface area contributed by atoms with Gasteiger partial charge in [0.15, 0.2) is 17.4 Å². The van der Waals surface area contributed by atoms with E-state index in [1.807, 2.05) is 0 Å². The maximum atomic E-state index is 13.2. The summed E-state index contributed by atoms with van der Waals surface area (Å²) in [6, 6.07) is 6.93. The van der Waals surface area contributed by atoms with Gasteiger partial charge in [-0.3, -0.25) is 38.9 Å². The summed E-state index contributed by atoms with van der Waals surface area (Å²) >= 11 is 0. The Hall–Kier alpha value is -3.59. The van der Waals surface area contributed by atoms with Gasteiger partial charge in [-0.1, -0.05) is 94.2 Å². The number of aromatic nitrogens is 4. The molecule has 2 N–H and O–H groups in total. The molecule has 3 aromatic rings. The molecule has 5 heterocycles. The van der Waals surface area contributed by atoms with Crippen LogP contribution >= 0.6 is 0 Å². The number of imidazole rings is 1. The number of rotatable bonds is 15. The van der Waals surface area contributed by atoms with Crippen molar-refractivity contribution in [3.63, 3.8) is 0 Å². The third kappa shape index (κ3) is 8.21. The second-order valence-corrected chi connectivity index (χ2v) is 25.9. The Labute approximate surface area is 337 Å². The molecule has 4 atom stereocenters. The van der Waals surface area contributed by atoms with Crippen LogP contribution in [0.4, 0.5) is 5.95 Å². The lowest BCUT2D eigenvalue weighted by Gasteiger charge is -2.51. The van der Waals surface area contributed by atoms with Crippen LogP contribution < -0.4 is 10.9 Å². The number of amides is 3. The van der Waals surface area contributed by atoms with Crippen LogP contribution in [0.3, 0.4) is 0 Å². The van der Waals surface area contributed by atoms with Gasteiger partial charge in [-0.05, 0) is 47.1 Å². The zero-order valence-corrected chi connectivity index (χ0v) is 37.0. The second-order valence-electron chi connectivity index (χ2n) is 17.1. The molecule has 1 aromatic carbocycles. The number of benzene rings is 1. The van der Waals surface area contributed by atoms with E-state index in [9.17, 15) is 19.2 Å². The topological polar surface area (TPSA) is 176 Å². The van der Waals surface area contributed by atoms with E-state index in [-0.39, 0.29) is 69.5 Å². The summed E-state index contributed by atoms with van der Waals surface area (Å²) in [5.41, 5.74) is 1.21. The molecule has 2 fully saturated rings. The van der Waals surface area contributed by atoms with Gasteiger partial charge < -0.3 is 22.4 Å². The van der Waals surface area contributed by atoms with Gasteiger partial charge in [0.1, 0.15) is 18.3 Å². The molecule has 6 rings (SSSR count). The third-order valence-electron chi connectivity index (χ3n) is 11.6. The van der Waals surface area contributed by atoms with Crippen molar-refractivity contribution in [2.45, 2.75) is 142 Å². The Kier molecular flexibility index (Phi) is 13.1. The Morgan fingerprint density at radius 2 is 1.51 bits per heavy atom.